The van der Waals surface area contributed by atoms with Gasteiger partial charge in [-0.15, -0.1) is 0 Å². The lowest BCUT2D eigenvalue weighted by atomic mass is 10.1. The Kier molecular flexibility index (Phi) is 5.39. The summed E-state index contributed by atoms with van der Waals surface area (Å²) in [5.41, 5.74) is 2.43. The minimum Gasteiger partial charge on any atom is -0.457 e. The highest BCUT2D eigenvalue weighted by Crippen LogP contribution is 2.26. The molecule has 0 radical (unpaired) electrons. The molecule has 0 fully saturated rings. The van der Waals surface area contributed by atoms with Crippen molar-refractivity contribution in [3.63, 3.8) is 0 Å². The Bertz CT molecular complexity index is 1060. The van der Waals surface area contributed by atoms with Crippen LogP contribution in [-0.2, 0) is 6.54 Å². The van der Waals surface area contributed by atoms with Crippen LogP contribution in [-0.4, -0.2) is 5.16 Å². The molecule has 4 rings (SSSR count). The average Bonchev–Trinajstić information content (AvgIpc) is 3.18. The third-order valence-corrected chi connectivity index (χ3v) is 4.57. The number of aromatic nitrogens is 1. The van der Waals surface area contributed by atoms with Crippen LogP contribution in [0.15, 0.2) is 87.9 Å². The molecule has 0 bridgehead atoms. The topological polar surface area (TPSA) is 47.3 Å². The number of nitrogens with zero attached hydrogens (tertiary/aromatic N) is 1. The molecule has 0 spiro atoms. The van der Waals surface area contributed by atoms with Crippen molar-refractivity contribution >= 4 is 21.6 Å². The first-order valence-corrected chi connectivity index (χ1v) is 9.44. The van der Waals surface area contributed by atoms with Gasteiger partial charge in [-0.3, -0.25) is 0 Å². The Morgan fingerprint density at radius 2 is 1.71 bits per heavy atom. The van der Waals surface area contributed by atoms with Gasteiger partial charge in [0.15, 0.2) is 5.76 Å². The van der Waals surface area contributed by atoms with Gasteiger partial charge >= 0.3 is 0 Å². The summed E-state index contributed by atoms with van der Waals surface area (Å²) in [6, 6.07) is 23.3. The summed E-state index contributed by atoms with van der Waals surface area (Å²) in [5.74, 6) is 1.82. The number of benzene rings is 3. The zero-order chi connectivity index (χ0) is 19.3. The van der Waals surface area contributed by atoms with Crippen LogP contribution in [0.3, 0.4) is 0 Å². The van der Waals surface area contributed by atoms with E-state index in [4.69, 9.17) is 9.26 Å². The first kappa shape index (κ1) is 18.3. The molecule has 0 atom stereocenters. The van der Waals surface area contributed by atoms with E-state index in [0.29, 0.717) is 12.3 Å². The van der Waals surface area contributed by atoms with Gasteiger partial charge < -0.3 is 14.6 Å². The van der Waals surface area contributed by atoms with Crippen molar-refractivity contribution < 1.29 is 13.7 Å². The van der Waals surface area contributed by atoms with Gasteiger partial charge in [0.1, 0.15) is 23.0 Å². The average molecular weight is 439 g/mol. The van der Waals surface area contributed by atoms with Gasteiger partial charge in [0, 0.05) is 27.9 Å². The number of hydrogen-bond donors (Lipinski definition) is 1. The maximum atomic E-state index is 13.0. The van der Waals surface area contributed by atoms with E-state index in [1.165, 1.54) is 12.1 Å². The van der Waals surface area contributed by atoms with E-state index < -0.39 is 0 Å². The molecule has 1 aromatic heterocycles. The Labute approximate surface area is 170 Å². The molecule has 4 nitrogen and oxygen atoms in total. The first-order chi connectivity index (χ1) is 13.7. The van der Waals surface area contributed by atoms with Crippen molar-refractivity contribution in [2.75, 3.05) is 5.32 Å². The highest BCUT2D eigenvalue weighted by Gasteiger charge is 2.07. The maximum Gasteiger partial charge on any atom is 0.167 e. The molecular formula is C22H16BrFN2O2. The lowest BCUT2D eigenvalue weighted by Gasteiger charge is -2.09. The molecule has 0 aliphatic heterocycles. The highest BCUT2D eigenvalue weighted by atomic mass is 79.9. The Balaban J connectivity index is 1.40. The summed E-state index contributed by atoms with van der Waals surface area (Å²) in [5, 5.41) is 7.36. The van der Waals surface area contributed by atoms with Crippen molar-refractivity contribution in [3.05, 3.63) is 94.8 Å². The maximum absolute atomic E-state index is 13.0. The smallest absolute Gasteiger partial charge is 0.167 e. The van der Waals surface area contributed by atoms with Gasteiger partial charge in [0.2, 0.25) is 0 Å². The fourth-order valence-corrected chi connectivity index (χ4v) is 2.91. The molecule has 28 heavy (non-hydrogen) atoms. The van der Waals surface area contributed by atoms with E-state index in [2.05, 4.69) is 26.4 Å². The Hall–Kier alpha value is -3.12. The van der Waals surface area contributed by atoms with E-state index in [-0.39, 0.29) is 5.82 Å². The second-order valence-corrected chi connectivity index (χ2v) is 7.04. The van der Waals surface area contributed by atoms with Crippen LogP contribution < -0.4 is 10.1 Å². The lowest BCUT2D eigenvalue weighted by Crippen LogP contribution is -1.99. The second-order valence-electron chi connectivity index (χ2n) is 6.13. The van der Waals surface area contributed by atoms with Crippen molar-refractivity contribution in [1.29, 1.82) is 0 Å². The van der Waals surface area contributed by atoms with Crippen molar-refractivity contribution in [1.82, 2.24) is 5.16 Å². The van der Waals surface area contributed by atoms with Crippen LogP contribution in [0.5, 0.6) is 11.5 Å². The lowest BCUT2D eigenvalue weighted by molar-refractivity contribution is 0.424. The Morgan fingerprint density at radius 3 is 2.50 bits per heavy atom. The standard InChI is InChI=1S/C22H16BrFN2O2/c23-16-6-10-20(11-7-16)27-21-3-1-2-18(12-21)25-14-19-13-22(28-26-19)15-4-8-17(24)9-5-15/h1-13,25H,14H2. The number of halogens is 2. The Morgan fingerprint density at radius 1 is 0.929 bits per heavy atom. The zero-order valence-electron chi connectivity index (χ0n) is 14.7. The summed E-state index contributed by atoms with van der Waals surface area (Å²) in [7, 11) is 0. The van der Waals surface area contributed by atoms with E-state index in [1.807, 2.05) is 54.6 Å². The van der Waals surface area contributed by atoms with Gasteiger partial charge in [-0.1, -0.05) is 27.2 Å². The molecule has 3 aromatic carbocycles. The fourth-order valence-electron chi connectivity index (χ4n) is 2.65. The van der Waals surface area contributed by atoms with Crippen LogP contribution in [0.1, 0.15) is 5.69 Å². The molecule has 1 N–H and O–H groups in total. The van der Waals surface area contributed by atoms with Crippen LogP contribution in [0, 0.1) is 5.82 Å². The molecule has 4 aromatic rings. The molecule has 6 heteroatoms. The quantitative estimate of drug-likeness (QED) is 0.366. The van der Waals surface area contributed by atoms with Crippen molar-refractivity contribution in [2.45, 2.75) is 6.54 Å². The molecule has 1 heterocycles. The molecule has 0 aliphatic rings. The van der Waals surface area contributed by atoms with Crippen LogP contribution in [0.4, 0.5) is 10.1 Å². The molecule has 0 amide bonds. The molecule has 0 saturated heterocycles. The summed E-state index contributed by atoms with van der Waals surface area (Å²) in [4.78, 5) is 0. The third-order valence-electron chi connectivity index (χ3n) is 4.04. The minimum absolute atomic E-state index is 0.282. The van der Waals surface area contributed by atoms with E-state index in [1.54, 1.807) is 12.1 Å². The second kappa shape index (κ2) is 8.27. The summed E-state index contributed by atoms with van der Waals surface area (Å²) < 4.78 is 25.3. The van der Waals surface area contributed by atoms with Gasteiger partial charge in [-0.05, 0) is 60.7 Å². The van der Waals surface area contributed by atoms with Gasteiger partial charge in [-0.25, -0.2) is 4.39 Å². The summed E-state index contributed by atoms with van der Waals surface area (Å²) in [6.45, 7) is 0.492. The largest absolute Gasteiger partial charge is 0.457 e. The summed E-state index contributed by atoms with van der Waals surface area (Å²) in [6.07, 6.45) is 0. The number of nitrogens with one attached hydrogen (secondary N) is 1. The van der Waals surface area contributed by atoms with E-state index >= 15 is 0 Å². The monoisotopic (exact) mass is 438 g/mol. The number of anilines is 1. The third kappa shape index (κ3) is 4.58. The molecule has 0 unspecified atom stereocenters. The van der Waals surface area contributed by atoms with Crippen LogP contribution in [0.25, 0.3) is 11.3 Å². The molecule has 0 aliphatic carbocycles. The number of hydrogen-bond acceptors (Lipinski definition) is 4. The van der Waals surface area contributed by atoms with Gasteiger partial charge in [-0.2, -0.15) is 0 Å². The minimum atomic E-state index is -0.282. The zero-order valence-corrected chi connectivity index (χ0v) is 16.3. The van der Waals surface area contributed by atoms with Crippen LogP contribution in [0.2, 0.25) is 0 Å². The summed E-state index contributed by atoms with van der Waals surface area (Å²) >= 11 is 3.41. The molecule has 140 valence electrons. The number of ether oxygens (including phenoxy) is 1. The predicted molar refractivity (Wildman–Crippen MR) is 110 cm³/mol. The highest BCUT2D eigenvalue weighted by molar-refractivity contribution is 9.10. The van der Waals surface area contributed by atoms with Gasteiger partial charge in [0.25, 0.3) is 0 Å². The van der Waals surface area contributed by atoms with Gasteiger partial charge in [0.05, 0.1) is 6.54 Å². The van der Waals surface area contributed by atoms with E-state index in [9.17, 15) is 4.39 Å². The SMILES string of the molecule is Fc1ccc(-c2cc(CNc3cccc(Oc4ccc(Br)cc4)c3)no2)cc1. The van der Waals surface area contributed by atoms with Crippen LogP contribution >= 0.6 is 15.9 Å². The normalized spacial score (nSPS) is 10.6. The fraction of sp³-hybridized carbons (Fsp3) is 0.0455. The molecular weight excluding hydrogens is 423 g/mol. The number of rotatable bonds is 6. The van der Waals surface area contributed by atoms with Crippen molar-refractivity contribution in [2.24, 2.45) is 0 Å². The van der Waals surface area contributed by atoms with E-state index in [0.717, 1.165) is 32.9 Å². The first-order valence-electron chi connectivity index (χ1n) is 8.65. The molecule has 0 saturated carbocycles. The van der Waals surface area contributed by atoms with Crippen molar-refractivity contribution in [3.8, 4) is 22.8 Å². The predicted octanol–water partition coefficient (Wildman–Crippen LogP) is 6.65.